The summed E-state index contributed by atoms with van der Waals surface area (Å²) in [7, 11) is 0. The van der Waals surface area contributed by atoms with Crippen molar-refractivity contribution in [3.63, 3.8) is 0 Å². The van der Waals surface area contributed by atoms with E-state index >= 15 is 0 Å². The molecule has 0 fully saturated rings. The minimum absolute atomic E-state index is 0.00985. The number of fused-ring (bicyclic) bond motifs is 4. The van der Waals surface area contributed by atoms with Crippen LogP contribution in [0, 0.1) is 13.8 Å². The second-order valence-corrected chi connectivity index (χ2v) is 12.6. The number of hydrogen-bond acceptors (Lipinski definition) is 7. The number of aromatic nitrogens is 3. The van der Waals surface area contributed by atoms with Gasteiger partial charge in [0.2, 0.25) is 5.91 Å². The molecule has 2 aromatic carbocycles. The largest absolute Gasteiger partial charge is 0.462 e. The number of carbonyl (C=O) groups is 2. The molecule has 0 aliphatic heterocycles. The second kappa shape index (κ2) is 11.8. The first-order valence-electron chi connectivity index (χ1n) is 14.2. The number of carbonyl (C=O) groups excluding carboxylic acids is 2. The van der Waals surface area contributed by atoms with Crippen molar-refractivity contribution in [2.24, 2.45) is 0 Å². The molecule has 0 unspecified atom stereocenters. The molecule has 1 aliphatic carbocycles. The minimum atomic E-state index is -0.394. The smallest absolute Gasteiger partial charge is 0.341 e. The molecule has 0 saturated carbocycles. The van der Waals surface area contributed by atoms with Gasteiger partial charge in [0, 0.05) is 15.8 Å². The molecule has 3 heterocycles. The fourth-order valence-electron chi connectivity index (χ4n) is 5.69. The number of aryl methyl sites for hydroxylation is 3. The predicted molar refractivity (Wildman–Crippen MR) is 170 cm³/mol. The topological polar surface area (TPSA) is 106 Å². The quantitative estimate of drug-likeness (QED) is 0.0930. The number of para-hydroxylation sites is 1. The lowest BCUT2D eigenvalue weighted by Gasteiger charge is -2.14. The lowest BCUT2D eigenvalue weighted by atomic mass is 10.1. The Morgan fingerprint density at radius 1 is 1.10 bits per heavy atom. The zero-order chi connectivity index (χ0) is 29.4. The maximum absolute atomic E-state index is 13.9. The molecular formula is C32H32N4O4S2. The highest BCUT2D eigenvalue weighted by atomic mass is 32.2. The first-order chi connectivity index (χ1) is 20.3. The molecule has 1 aliphatic rings. The van der Waals surface area contributed by atoms with Gasteiger partial charge in [-0.15, -0.1) is 11.3 Å². The molecule has 0 saturated heterocycles. The Morgan fingerprint density at radius 3 is 2.64 bits per heavy atom. The van der Waals surface area contributed by atoms with E-state index in [0.29, 0.717) is 32.4 Å². The van der Waals surface area contributed by atoms with Gasteiger partial charge in [-0.3, -0.25) is 14.2 Å². The van der Waals surface area contributed by atoms with Crippen molar-refractivity contribution in [1.82, 2.24) is 14.5 Å². The highest BCUT2D eigenvalue weighted by Crippen LogP contribution is 2.38. The average Bonchev–Trinajstić information content (AvgIpc) is 3.40. The van der Waals surface area contributed by atoms with E-state index in [-0.39, 0.29) is 23.8 Å². The normalized spacial score (nSPS) is 13.2. The molecule has 0 radical (unpaired) electrons. The number of ether oxygens (including phenoxy) is 1. The number of anilines is 1. The summed E-state index contributed by atoms with van der Waals surface area (Å²) in [5.41, 5.74) is 5.83. The number of thioether (sulfide) groups is 1. The number of nitrogens with zero attached hydrogens (tertiary/aromatic N) is 2. The van der Waals surface area contributed by atoms with Crippen LogP contribution in [0.15, 0.2) is 52.4 Å². The Balaban J connectivity index is 1.36. The Labute approximate surface area is 251 Å². The monoisotopic (exact) mass is 600 g/mol. The highest BCUT2D eigenvalue weighted by Gasteiger charge is 2.27. The molecule has 0 bridgehead atoms. The molecule has 8 nitrogen and oxygen atoms in total. The van der Waals surface area contributed by atoms with Gasteiger partial charge < -0.3 is 15.0 Å². The van der Waals surface area contributed by atoms with E-state index in [1.54, 1.807) is 11.5 Å². The highest BCUT2D eigenvalue weighted by molar-refractivity contribution is 7.99. The Hall–Kier alpha value is -3.89. The van der Waals surface area contributed by atoms with Crippen molar-refractivity contribution in [3.8, 4) is 5.69 Å². The summed E-state index contributed by atoms with van der Waals surface area (Å²) in [4.78, 5) is 49.5. The molecule has 2 N–H and O–H groups in total. The van der Waals surface area contributed by atoms with Crippen LogP contribution in [0.2, 0.25) is 0 Å². The molecule has 216 valence electrons. The van der Waals surface area contributed by atoms with Gasteiger partial charge in [0.1, 0.15) is 16.0 Å². The maximum atomic E-state index is 13.9. The molecule has 1 amide bonds. The summed E-state index contributed by atoms with van der Waals surface area (Å²) in [6.45, 7) is 6.02. The van der Waals surface area contributed by atoms with Crippen LogP contribution in [0.5, 0.6) is 0 Å². The van der Waals surface area contributed by atoms with Crippen molar-refractivity contribution in [2.75, 3.05) is 17.7 Å². The number of rotatable bonds is 7. The molecule has 0 atom stereocenters. The van der Waals surface area contributed by atoms with Gasteiger partial charge in [0.15, 0.2) is 5.16 Å². The third-order valence-corrected chi connectivity index (χ3v) is 9.59. The van der Waals surface area contributed by atoms with Gasteiger partial charge in [0.25, 0.3) is 5.56 Å². The Kier molecular flexibility index (Phi) is 7.92. The number of esters is 1. The van der Waals surface area contributed by atoms with Crippen molar-refractivity contribution in [3.05, 3.63) is 79.9 Å². The van der Waals surface area contributed by atoms with Gasteiger partial charge in [-0.05, 0) is 81.3 Å². The summed E-state index contributed by atoms with van der Waals surface area (Å²) < 4.78 is 6.95. The summed E-state index contributed by atoms with van der Waals surface area (Å²) in [6, 6.07) is 13.6. The standard InChI is InChI=1S/C32H32N4O4S2/c1-4-40-31(39)26-22-11-6-5-7-13-24(22)42-29(26)34-25(37)17-41-32-35-27-21-10-8-9-12-23(21)33-28(27)30(38)36(32)20-15-18(2)14-19(3)16-20/h8-10,12,14-16,33H,4-7,11,13,17H2,1-3H3,(H,34,37). The molecule has 42 heavy (non-hydrogen) atoms. The van der Waals surface area contributed by atoms with E-state index in [1.165, 1.54) is 23.1 Å². The molecule has 5 aromatic rings. The first-order valence-corrected chi connectivity index (χ1v) is 16.0. The third-order valence-electron chi connectivity index (χ3n) is 7.45. The van der Waals surface area contributed by atoms with E-state index in [0.717, 1.165) is 64.6 Å². The van der Waals surface area contributed by atoms with Gasteiger partial charge in [-0.1, -0.05) is 42.4 Å². The van der Waals surface area contributed by atoms with E-state index in [2.05, 4.69) is 10.3 Å². The third kappa shape index (κ3) is 5.36. The lowest BCUT2D eigenvalue weighted by molar-refractivity contribution is -0.113. The number of aromatic amines is 1. The number of amides is 1. The number of benzene rings is 2. The summed E-state index contributed by atoms with van der Waals surface area (Å²) in [5.74, 6) is -0.659. The van der Waals surface area contributed by atoms with E-state index in [9.17, 15) is 14.4 Å². The van der Waals surface area contributed by atoms with E-state index in [4.69, 9.17) is 9.72 Å². The van der Waals surface area contributed by atoms with Crippen molar-refractivity contribution >= 4 is 61.9 Å². The Morgan fingerprint density at radius 2 is 1.86 bits per heavy atom. The number of thiophene rings is 1. The van der Waals surface area contributed by atoms with Crippen LogP contribution in [0.1, 0.15) is 58.1 Å². The number of H-pyrrole nitrogens is 1. The molecule has 10 heteroatoms. The maximum Gasteiger partial charge on any atom is 0.341 e. The fourth-order valence-corrected chi connectivity index (χ4v) is 7.79. The van der Waals surface area contributed by atoms with Crippen molar-refractivity contribution in [1.29, 1.82) is 0 Å². The van der Waals surface area contributed by atoms with Gasteiger partial charge in [-0.2, -0.15) is 0 Å². The molecule has 3 aromatic heterocycles. The predicted octanol–water partition coefficient (Wildman–Crippen LogP) is 6.72. The lowest BCUT2D eigenvalue weighted by Crippen LogP contribution is -2.23. The van der Waals surface area contributed by atoms with Gasteiger partial charge in [0.05, 0.1) is 23.6 Å². The van der Waals surface area contributed by atoms with Crippen LogP contribution in [-0.4, -0.2) is 38.8 Å². The van der Waals surface area contributed by atoms with Crippen LogP contribution in [0.4, 0.5) is 5.00 Å². The average molecular weight is 601 g/mol. The Bertz CT molecular complexity index is 1880. The summed E-state index contributed by atoms with van der Waals surface area (Å²) in [6.07, 6.45) is 4.90. The number of nitrogens with one attached hydrogen (secondary N) is 2. The zero-order valence-electron chi connectivity index (χ0n) is 23.8. The van der Waals surface area contributed by atoms with Gasteiger partial charge >= 0.3 is 5.97 Å². The molecular weight excluding hydrogens is 569 g/mol. The zero-order valence-corrected chi connectivity index (χ0v) is 25.5. The summed E-state index contributed by atoms with van der Waals surface area (Å²) in [5, 5.41) is 4.80. The fraction of sp³-hybridized carbons (Fsp3) is 0.312. The van der Waals surface area contributed by atoms with Crippen molar-refractivity contribution < 1.29 is 14.3 Å². The number of hydrogen-bond donors (Lipinski definition) is 2. The van der Waals surface area contributed by atoms with E-state index in [1.807, 2.05) is 56.3 Å². The van der Waals surface area contributed by atoms with Crippen LogP contribution in [0.25, 0.3) is 27.6 Å². The molecule has 6 rings (SSSR count). The van der Waals surface area contributed by atoms with Crippen LogP contribution >= 0.6 is 23.1 Å². The minimum Gasteiger partial charge on any atom is -0.462 e. The van der Waals surface area contributed by atoms with Crippen LogP contribution in [0.3, 0.4) is 0 Å². The van der Waals surface area contributed by atoms with Gasteiger partial charge in [-0.25, -0.2) is 9.78 Å². The first kappa shape index (κ1) is 28.2. The molecule has 0 spiro atoms. The van der Waals surface area contributed by atoms with Crippen LogP contribution in [-0.2, 0) is 22.4 Å². The van der Waals surface area contributed by atoms with Crippen LogP contribution < -0.4 is 10.9 Å². The van der Waals surface area contributed by atoms with Crippen molar-refractivity contribution in [2.45, 2.75) is 58.0 Å². The van der Waals surface area contributed by atoms with E-state index < -0.39 is 5.97 Å². The second-order valence-electron chi connectivity index (χ2n) is 10.6. The SMILES string of the molecule is CCOC(=O)c1c(NC(=O)CSc2nc3c([nH]c4ccccc43)c(=O)n2-c2cc(C)cc(C)c2)sc2c1CCCCC2. The summed E-state index contributed by atoms with van der Waals surface area (Å²) >= 11 is 2.67.